The summed E-state index contributed by atoms with van der Waals surface area (Å²) >= 11 is 0. The Balaban J connectivity index is 1.42. The van der Waals surface area contributed by atoms with E-state index in [1.165, 1.54) is 0 Å². The number of piperidine rings is 1. The van der Waals surface area contributed by atoms with Crippen LogP contribution in [-0.2, 0) is 15.0 Å². The standard InChI is InChI=1S/C19H26N4O4S/c20-18-17-15(21-28(25,26)22-18)8-3-9-16(17)27-12-13-5-4-10-23(11-13)19(24)14-6-1-2-7-14/h3,8-9,13-14,21H,1-2,4-7,10-12H2,(H2,20,22). The number of anilines is 1. The first-order valence-electron chi connectivity index (χ1n) is 9.86. The molecular formula is C19H26N4O4S. The molecule has 8 nitrogen and oxygen atoms in total. The van der Waals surface area contributed by atoms with E-state index in [0.717, 1.165) is 45.1 Å². The van der Waals surface area contributed by atoms with E-state index < -0.39 is 10.2 Å². The van der Waals surface area contributed by atoms with Gasteiger partial charge in [-0.1, -0.05) is 18.9 Å². The molecule has 1 aromatic carbocycles. The van der Waals surface area contributed by atoms with E-state index in [4.69, 9.17) is 10.5 Å². The van der Waals surface area contributed by atoms with Crippen molar-refractivity contribution in [2.45, 2.75) is 38.5 Å². The lowest BCUT2D eigenvalue weighted by Gasteiger charge is -2.34. The molecule has 0 spiro atoms. The average Bonchev–Trinajstić information content (AvgIpc) is 3.19. The van der Waals surface area contributed by atoms with Crippen molar-refractivity contribution >= 4 is 27.6 Å². The van der Waals surface area contributed by atoms with Crippen molar-refractivity contribution in [1.82, 2.24) is 4.90 Å². The van der Waals surface area contributed by atoms with E-state index >= 15 is 0 Å². The van der Waals surface area contributed by atoms with E-state index in [1.807, 2.05) is 4.90 Å². The predicted molar refractivity (Wildman–Crippen MR) is 106 cm³/mol. The highest BCUT2D eigenvalue weighted by atomic mass is 32.2. The molecule has 2 fully saturated rings. The van der Waals surface area contributed by atoms with Crippen LogP contribution in [0.1, 0.15) is 44.1 Å². The summed E-state index contributed by atoms with van der Waals surface area (Å²) in [6.45, 7) is 1.99. The van der Waals surface area contributed by atoms with E-state index in [1.54, 1.807) is 18.2 Å². The van der Waals surface area contributed by atoms with Crippen LogP contribution in [0.4, 0.5) is 5.69 Å². The van der Waals surface area contributed by atoms with Crippen LogP contribution in [0.3, 0.4) is 0 Å². The van der Waals surface area contributed by atoms with Gasteiger partial charge >= 0.3 is 10.2 Å². The molecule has 4 rings (SSSR count). The zero-order valence-electron chi connectivity index (χ0n) is 15.8. The quantitative estimate of drug-likeness (QED) is 0.792. The Hall–Kier alpha value is -2.29. The lowest BCUT2D eigenvalue weighted by molar-refractivity contribution is -0.137. The number of benzene rings is 1. The molecule has 1 aromatic rings. The topological polar surface area (TPSA) is 114 Å². The highest BCUT2D eigenvalue weighted by molar-refractivity contribution is 7.91. The molecule has 3 N–H and O–H groups in total. The summed E-state index contributed by atoms with van der Waals surface area (Å²) in [6.07, 6.45) is 6.32. The number of amidine groups is 1. The van der Waals surface area contributed by atoms with Gasteiger partial charge in [-0.25, -0.2) is 0 Å². The third-order valence-electron chi connectivity index (χ3n) is 5.75. The number of ether oxygens (including phenoxy) is 1. The van der Waals surface area contributed by atoms with Crippen LogP contribution in [0.5, 0.6) is 5.75 Å². The van der Waals surface area contributed by atoms with Crippen molar-refractivity contribution in [3.8, 4) is 5.75 Å². The number of hydrogen-bond donors (Lipinski definition) is 2. The van der Waals surface area contributed by atoms with Crippen molar-refractivity contribution in [1.29, 1.82) is 0 Å². The van der Waals surface area contributed by atoms with Gasteiger partial charge < -0.3 is 15.4 Å². The van der Waals surface area contributed by atoms with Gasteiger partial charge in [-0.05, 0) is 37.8 Å². The van der Waals surface area contributed by atoms with Crippen LogP contribution in [-0.4, -0.2) is 44.8 Å². The molecule has 0 radical (unpaired) electrons. The number of rotatable bonds is 4. The number of nitrogens with one attached hydrogen (secondary N) is 1. The number of carbonyl (C=O) groups excluding carboxylic acids is 1. The fourth-order valence-corrected chi connectivity index (χ4v) is 5.22. The minimum absolute atomic E-state index is 0.0777. The minimum Gasteiger partial charge on any atom is -0.492 e. The highest BCUT2D eigenvalue weighted by Crippen LogP contribution is 2.32. The fraction of sp³-hybridized carbons (Fsp3) is 0.579. The Morgan fingerprint density at radius 3 is 2.82 bits per heavy atom. The Labute approximate surface area is 165 Å². The monoisotopic (exact) mass is 406 g/mol. The SMILES string of the molecule is NC1=NS(=O)(=O)Nc2cccc(OCC3CCCN(C(=O)C4CCCC4)C3)c21. The Kier molecular flexibility index (Phi) is 5.18. The van der Waals surface area contributed by atoms with Crippen molar-refractivity contribution in [3.05, 3.63) is 23.8 Å². The van der Waals surface area contributed by atoms with Crippen molar-refractivity contribution in [2.75, 3.05) is 24.4 Å². The number of hydrogen-bond acceptors (Lipinski definition) is 5. The van der Waals surface area contributed by atoms with Gasteiger partial charge in [0.15, 0.2) is 5.84 Å². The minimum atomic E-state index is -3.81. The first-order valence-corrected chi connectivity index (χ1v) is 11.3. The molecule has 1 aliphatic carbocycles. The molecule has 28 heavy (non-hydrogen) atoms. The lowest BCUT2D eigenvalue weighted by Crippen LogP contribution is -2.44. The van der Waals surface area contributed by atoms with Gasteiger partial charge in [0.1, 0.15) is 5.75 Å². The van der Waals surface area contributed by atoms with Gasteiger partial charge in [0.2, 0.25) is 5.91 Å². The molecule has 2 heterocycles. The van der Waals surface area contributed by atoms with Crippen LogP contribution in [0.2, 0.25) is 0 Å². The van der Waals surface area contributed by atoms with Crippen molar-refractivity contribution in [2.24, 2.45) is 22.0 Å². The lowest BCUT2D eigenvalue weighted by atomic mass is 9.96. The Bertz CT molecular complexity index is 893. The van der Waals surface area contributed by atoms with Crippen LogP contribution < -0.4 is 15.2 Å². The summed E-state index contributed by atoms with van der Waals surface area (Å²) in [5.41, 5.74) is 6.69. The number of amides is 1. The van der Waals surface area contributed by atoms with Gasteiger partial charge in [0, 0.05) is 24.9 Å². The van der Waals surface area contributed by atoms with E-state index in [2.05, 4.69) is 9.12 Å². The molecule has 1 saturated carbocycles. The van der Waals surface area contributed by atoms with E-state index in [9.17, 15) is 13.2 Å². The molecule has 3 aliphatic rings. The first kappa shape index (κ1) is 19.0. The summed E-state index contributed by atoms with van der Waals surface area (Å²) < 4.78 is 35.3. The molecule has 1 unspecified atom stereocenters. The van der Waals surface area contributed by atoms with Gasteiger partial charge in [-0.2, -0.15) is 8.42 Å². The highest BCUT2D eigenvalue weighted by Gasteiger charge is 2.31. The summed E-state index contributed by atoms with van der Waals surface area (Å²) in [4.78, 5) is 14.7. The number of nitrogens with two attached hydrogens (primary N) is 1. The first-order chi connectivity index (χ1) is 13.4. The van der Waals surface area contributed by atoms with Crippen LogP contribution in [0, 0.1) is 11.8 Å². The van der Waals surface area contributed by atoms with E-state index in [0.29, 0.717) is 36.1 Å². The number of nitrogens with zero attached hydrogens (tertiary/aromatic N) is 2. The smallest absolute Gasteiger partial charge is 0.344 e. The van der Waals surface area contributed by atoms with E-state index in [-0.39, 0.29) is 17.7 Å². The maximum absolute atomic E-state index is 12.7. The Morgan fingerprint density at radius 1 is 1.25 bits per heavy atom. The third kappa shape index (κ3) is 3.94. The number of fused-ring (bicyclic) bond motifs is 1. The largest absolute Gasteiger partial charge is 0.492 e. The summed E-state index contributed by atoms with van der Waals surface area (Å²) in [5, 5.41) is 0. The zero-order chi connectivity index (χ0) is 19.7. The normalized spacial score (nSPS) is 24.2. The van der Waals surface area contributed by atoms with Gasteiger partial charge in [-0.15, -0.1) is 4.40 Å². The van der Waals surface area contributed by atoms with Crippen LogP contribution >= 0.6 is 0 Å². The van der Waals surface area contributed by atoms with Crippen LogP contribution in [0.25, 0.3) is 0 Å². The maximum atomic E-state index is 12.7. The maximum Gasteiger partial charge on any atom is 0.344 e. The summed E-state index contributed by atoms with van der Waals surface area (Å²) in [6, 6.07) is 5.10. The fourth-order valence-electron chi connectivity index (χ4n) is 4.38. The number of carbonyl (C=O) groups is 1. The van der Waals surface area contributed by atoms with Crippen molar-refractivity contribution in [3.63, 3.8) is 0 Å². The molecule has 1 atom stereocenters. The zero-order valence-corrected chi connectivity index (χ0v) is 16.6. The molecule has 152 valence electrons. The molecular weight excluding hydrogens is 380 g/mol. The Morgan fingerprint density at radius 2 is 2.04 bits per heavy atom. The second kappa shape index (κ2) is 7.62. The molecule has 9 heteroatoms. The molecule has 1 amide bonds. The average molecular weight is 407 g/mol. The summed E-state index contributed by atoms with van der Waals surface area (Å²) in [5.74, 6) is 1.16. The van der Waals surface area contributed by atoms with Gasteiger partial charge in [0.25, 0.3) is 0 Å². The molecule has 0 bridgehead atoms. The molecule has 0 aromatic heterocycles. The predicted octanol–water partition coefficient (Wildman–Crippen LogP) is 1.87. The second-order valence-corrected chi connectivity index (χ2v) is 9.15. The van der Waals surface area contributed by atoms with Crippen LogP contribution in [0.15, 0.2) is 22.6 Å². The van der Waals surface area contributed by atoms with Gasteiger partial charge in [-0.3, -0.25) is 9.52 Å². The second-order valence-electron chi connectivity index (χ2n) is 7.82. The summed E-state index contributed by atoms with van der Waals surface area (Å²) in [7, 11) is -3.81. The molecule has 1 saturated heterocycles. The third-order valence-corrected chi connectivity index (χ3v) is 6.66. The van der Waals surface area contributed by atoms with Gasteiger partial charge in [0.05, 0.1) is 17.9 Å². The molecule has 2 aliphatic heterocycles. The number of likely N-dealkylation sites (tertiary alicyclic amines) is 1. The van der Waals surface area contributed by atoms with Crippen molar-refractivity contribution < 1.29 is 17.9 Å².